The standard InChI is InChI=1S/C9H21NO3/c1-8(2)13-6-5-10-4-3-9(12)7-11/h8-12H,3-7H2,1-2H3/t9-/m0/s1. The maximum atomic E-state index is 8.98. The van der Waals surface area contributed by atoms with Crippen molar-refractivity contribution in [2.75, 3.05) is 26.3 Å². The molecule has 0 saturated carbocycles. The molecule has 0 aromatic rings. The number of rotatable bonds is 8. The van der Waals surface area contributed by atoms with E-state index in [1.807, 2.05) is 13.8 Å². The molecule has 0 bridgehead atoms. The van der Waals surface area contributed by atoms with Crippen molar-refractivity contribution < 1.29 is 14.9 Å². The van der Waals surface area contributed by atoms with Crippen molar-refractivity contribution in [3.8, 4) is 0 Å². The molecule has 0 unspecified atom stereocenters. The zero-order chi connectivity index (χ0) is 10.1. The first-order chi connectivity index (χ1) is 6.16. The maximum absolute atomic E-state index is 8.98. The smallest absolute Gasteiger partial charge is 0.0783 e. The van der Waals surface area contributed by atoms with Crippen LogP contribution in [-0.2, 0) is 4.74 Å². The third kappa shape index (κ3) is 9.76. The summed E-state index contributed by atoms with van der Waals surface area (Å²) in [4.78, 5) is 0. The molecule has 0 aliphatic carbocycles. The Morgan fingerprint density at radius 3 is 2.54 bits per heavy atom. The second-order valence-corrected chi connectivity index (χ2v) is 3.29. The number of aliphatic hydroxyl groups is 2. The fourth-order valence-electron chi connectivity index (χ4n) is 0.852. The van der Waals surface area contributed by atoms with Gasteiger partial charge < -0.3 is 20.3 Å². The van der Waals surface area contributed by atoms with Crippen molar-refractivity contribution in [3.05, 3.63) is 0 Å². The number of hydrogen-bond acceptors (Lipinski definition) is 4. The predicted octanol–water partition coefficient (Wildman–Crippen LogP) is -0.256. The van der Waals surface area contributed by atoms with E-state index in [0.29, 0.717) is 19.6 Å². The summed E-state index contributed by atoms with van der Waals surface area (Å²) in [6.45, 7) is 6.02. The average Bonchev–Trinajstić information content (AvgIpc) is 2.10. The summed E-state index contributed by atoms with van der Waals surface area (Å²) in [6, 6.07) is 0. The molecule has 0 radical (unpaired) electrons. The third-order valence-corrected chi connectivity index (χ3v) is 1.60. The van der Waals surface area contributed by atoms with Gasteiger partial charge in [0.2, 0.25) is 0 Å². The Bertz CT molecular complexity index is 109. The Labute approximate surface area is 79.9 Å². The lowest BCUT2D eigenvalue weighted by Crippen LogP contribution is -2.26. The Balaban J connectivity index is 2.99. The highest BCUT2D eigenvalue weighted by Gasteiger charge is 1.99. The normalized spacial score (nSPS) is 13.6. The molecule has 80 valence electrons. The van der Waals surface area contributed by atoms with Crippen molar-refractivity contribution in [2.45, 2.75) is 32.5 Å². The molecule has 0 aliphatic rings. The summed E-state index contributed by atoms with van der Waals surface area (Å²) < 4.78 is 5.30. The molecule has 0 amide bonds. The Morgan fingerprint density at radius 1 is 1.31 bits per heavy atom. The molecule has 0 aliphatic heterocycles. The maximum Gasteiger partial charge on any atom is 0.0783 e. The van der Waals surface area contributed by atoms with Crippen LogP contribution in [0.2, 0.25) is 0 Å². The molecule has 0 saturated heterocycles. The molecule has 4 heteroatoms. The van der Waals surface area contributed by atoms with Crippen molar-refractivity contribution in [3.63, 3.8) is 0 Å². The van der Waals surface area contributed by atoms with Crippen LogP contribution >= 0.6 is 0 Å². The molecule has 0 heterocycles. The lowest BCUT2D eigenvalue weighted by Gasteiger charge is -2.09. The molecule has 0 aromatic carbocycles. The van der Waals surface area contributed by atoms with Crippen molar-refractivity contribution >= 4 is 0 Å². The van der Waals surface area contributed by atoms with Gasteiger partial charge in [-0.1, -0.05) is 0 Å². The first kappa shape index (κ1) is 12.8. The number of ether oxygens (including phenoxy) is 1. The van der Waals surface area contributed by atoms with Crippen LogP contribution in [0.25, 0.3) is 0 Å². The average molecular weight is 191 g/mol. The summed E-state index contributed by atoms with van der Waals surface area (Å²) in [7, 11) is 0. The molecule has 0 spiro atoms. The first-order valence-corrected chi connectivity index (χ1v) is 4.78. The van der Waals surface area contributed by atoms with Gasteiger partial charge in [0.05, 0.1) is 25.4 Å². The van der Waals surface area contributed by atoms with Crippen molar-refractivity contribution in [1.82, 2.24) is 5.32 Å². The SMILES string of the molecule is CC(C)OCCNCC[C@H](O)CO. The molecule has 0 aromatic heterocycles. The van der Waals surface area contributed by atoms with E-state index in [2.05, 4.69) is 5.32 Å². The van der Waals surface area contributed by atoms with Crippen LogP contribution in [-0.4, -0.2) is 48.7 Å². The zero-order valence-corrected chi connectivity index (χ0v) is 8.49. The lowest BCUT2D eigenvalue weighted by molar-refractivity contribution is 0.0755. The largest absolute Gasteiger partial charge is 0.394 e. The summed E-state index contributed by atoms with van der Waals surface area (Å²) in [5.74, 6) is 0. The van der Waals surface area contributed by atoms with Gasteiger partial charge in [-0.05, 0) is 26.8 Å². The minimum Gasteiger partial charge on any atom is -0.394 e. The van der Waals surface area contributed by atoms with E-state index in [0.717, 1.165) is 6.54 Å². The molecule has 0 rings (SSSR count). The summed E-state index contributed by atoms with van der Waals surface area (Å²) >= 11 is 0. The van der Waals surface area contributed by atoms with Gasteiger partial charge in [-0.2, -0.15) is 0 Å². The quantitative estimate of drug-likeness (QED) is 0.463. The Morgan fingerprint density at radius 2 is 2.00 bits per heavy atom. The Kier molecular flexibility index (Phi) is 8.33. The highest BCUT2D eigenvalue weighted by atomic mass is 16.5. The van der Waals surface area contributed by atoms with E-state index >= 15 is 0 Å². The van der Waals surface area contributed by atoms with Gasteiger partial charge in [0, 0.05) is 6.54 Å². The van der Waals surface area contributed by atoms with Crippen LogP contribution < -0.4 is 5.32 Å². The molecular weight excluding hydrogens is 170 g/mol. The molecule has 4 nitrogen and oxygen atoms in total. The molecule has 1 atom stereocenters. The summed E-state index contributed by atoms with van der Waals surface area (Å²) in [5, 5.41) is 20.6. The number of nitrogens with one attached hydrogen (secondary N) is 1. The molecule has 0 fully saturated rings. The lowest BCUT2D eigenvalue weighted by atomic mass is 10.3. The van der Waals surface area contributed by atoms with Crippen molar-refractivity contribution in [2.24, 2.45) is 0 Å². The van der Waals surface area contributed by atoms with Crippen LogP contribution in [0.4, 0.5) is 0 Å². The van der Waals surface area contributed by atoms with Crippen molar-refractivity contribution in [1.29, 1.82) is 0 Å². The van der Waals surface area contributed by atoms with Crippen LogP contribution in [0.3, 0.4) is 0 Å². The van der Waals surface area contributed by atoms with E-state index < -0.39 is 6.10 Å². The van der Waals surface area contributed by atoms with E-state index in [1.54, 1.807) is 0 Å². The monoisotopic (exact) mass is 191 g/mol. The Hall–Kier alpha value is -0.160. The zero-order valence-electron chi connectivity index (χ0n) is 8.49. The fourth-order valence-corrected chi connectivity index (χ4v) is 0.852. The molecule has 13 heavy (non-hydrogen) atoms. The second-order valence-electron chi connectivity index (χ2n) is 3.29. The van der Waals surface area contributed by atoms with Crippen LogP contribution in [0.1, 0.15) is 20.3 Å². The highest BCUT2D eigenvalue weighted by molar-refractivity contribution is 4.55. The second kappa shape index (κ2) is 8.44. The molecule has 3 N–H and O–H groups in total. The minimum atomic E-state index is -0.599. The highest BCUT2D eigenvalue weighted by Crippen LogP contribution is 1.88. The van der Waals surface area contributed by atoms with Crippen LogP contribution in [0.15, 0.2) is 0 Å². The van der Waals surface area contributed by atoms with E-state index in [-0.39, 0.29) is 12.7 Å². The number of hydrogen-bond donors (Lipinski definition) is 3. The third-order valence-electron chi connectivity index (χ3n) is 1.60. The van der Waals surface area contributed by atoms with E-state index in [4.69, 9.17) is 14.9 Å². The molecular formula is C9H21NO3. The van der Waals surface area contributed by atoms with E-state index in [1.165, 1.54) is 0 Å². The number of aliphatic hydroxyl groups excluding tert-OH is 2. The van der Waals surface area contributed by atoms with Gasteiger partial charge in [0.15, 0.2) is 0 Å². The van der Waals surface area contributed by atoms with Gasteiger partial charge in [-0.3, -0.25) is 0 Å². The van der Waals surface area contributed by atoms with Gasteiger partial charge >= 0.3 is 0 Å². The van der Waals surface area contributed by atoms with E-state index in [9.17, 15) is 0 Å². The van der Waals surface area contributed by atoms with Crippen LogP contribution in [0, 0.1) is 0 Å². The van der Waals surface area contributed by atoms with Gasteiger partial charge in [0.1, 0.15) is 0 Å². The predicted molar refractivity (Wildman–Crippen MR) is 51.7 cm³/mol. The van der Waals surface area contributed by atoms with Gasteiger partial charge in [0.25, 0.3) is 0 Å². The van der Waals surface area contributed by atoms with Gasteiger partial charge in [-0.25, -0.2) is 0 Å². The topological polar surface area (TPSA) is 61.7 Å². The summed E-state index contributed by atoms with van der Waals surface area (Å²) in [5.41, 5.74) is 0. The van der Waals surface area contributed by atoms with Crippen LogP contribution in [0.5, 0.6) is 0 Å². The fraction of sp³-hybridized carbons (Fsp3) is 1.00. The first-order valence-electron chi connectivity index (χ1n) is 4.78. The summed E-state index contributed by atoms with van der Waals surface area (Å²) in [6.07, 6.45) is 0.251. The van der Waals surface area contributed by atoms with Gasteiger partial charge in [-0.15, -0.1) is 0 Å². The minimum absolute atomic E-state index is 0.163.